The average molecular weight is 548 g/mol. The van der Waals surface area contributed by atoms with Gasteiger partial charge in [0.05, 0.1) is 12.6 Å². The van der Waals surface area contributed by atoms with Gasteiger partial charge in [-0.15, -0.1) is 6.58 Å². The van der Waals surface area contributed by atoms with Crippen LogP contribution in [-0.4, -0.2) is 66.0 Å². The second-order valence-electron chi connectivity index (χ2n) is 8.54. The van der Waals surface area contributed by atoms with Crippen molar-refractivity contribution in [1.82, 2.24) is 15.5 Å². The Bertz CT molecular complexity index is 874. The second-order valence-corrected chi connectivity index (χ2v) is 8.54. The normalized spacial score (nSPS) is 17.6. The summed E-state index contributed by atoms with van der Waals surface area (Å²) in [7, 11) is 0. The van der Waals surface area contributed by atoms with Crippen LogP contribution in [0, 0.1) is 11.3 Å². The molecule has 2 atom stereocenters. The van der Waals surface area contributed by atoms with Crippen LogP contribution >= 0.6 is 0 Å². The maximum absolute atomic E-state index is 11.3. The lowest BCUT2D eigenvalue weighted by Crippen LogP contribution is -2.43. The minimum Gasteiger partial charge on any atom is -0.393 e. The number of alkyl halides is 1. The number of aliphatic hydroxyl groups excluding tert-OH is 1. The van der Waals surface area contributed by atoms with Crippen LogP contribution in [0.5, 0.6) is 0 Å². The minimum atomic E-state index is -0.852. The Morgan fingerprint density at radius 3 is 2.21 bits per heavy atom. The van der Waals surface area contributed by atoms with E-state index >= 15 is 0 Å². The fraction of sp³-hybridized carbons (Fsp3) is 0.533. The van der Waals surface area contributed by atoms with Gasteiger partial charge >= 0.3 is 0 Å². The molecule has 0 aromatic heterocycles. The first-order chi connectivity index (χ1) is 18.4. The fourth-order valence-electron chi connectivity index (χ4n) is 2.72. The van der Waals surface area contributed by atoms with Gasteiger partial charge in [-0.05, 0) is 72.1 Å². The Kier molecular flexibility index (Phi) is 26.8. The summed E-state index contributed by atoms with van der Waals surface area (Å²) in [6.45, 7) is 23.5. The van der Waals surface area contributed by atoms with Crippen LogP contribution in [0.4, 0.5) is 4.39 Å². The number of allylic oxidation sites excluding steroid dienone is 5. The summed E-state index contributed by atoms with van der Waals surface area (Å²) < 4.78 is 11.3. The van der Waals surface area contributed by atoms with Crippen molar-refractivity contribution >= 4 is 18.0 Å². The molecule has 0 aromatic rings. The highest BCUT2D eigenvalue weighted by Crippen LogP contribution is 2.15. The lowest BCUT2D eigenvalue weighted by molar-refractivity contribution is -0.133. The molecule has 0 saturated carbocycles. The van der Waals surface area contributed by atoms with Crippen molar-refractivity contribution in [1.29, 1.82) is 5.26 Å². The number of amides is 2. The average Bonchev–Trinajstić information content (AvgIpc) is 3.25. The molecule has 2 heterocycles. The monoisotopic (exact) mass is 547 g/mol. The van der Waals surface area contributed by atoms with E-state index in [2.05, 4.69) is 48.7 Å². The van der Waals surface area contributed by atoms with E-state index in [0.717, 1.165) is 11.3 Å². The quantitative estimate of drug-likeness (QED) is 0.241. The van der Waals surface area contributed by atoms with E-state index in [1.807, 2.05) is 46.8 Å². The number of carbonyl (C=O) groups excluding carboxylic acids is 2. The zero-order chi connectivity index (χ0) is 30.8. The summed E-state index contributed by atoms with van der Waals surface area (Å²) in [5.41, 5.74) is 3.95. The Balaban J connectivity index is -0.000000476. The molecule has 3 N–H and O–H groups in total. The number of hydrogen-bond acceptors (Lipinski definition) is 6. The predicted octanol–water partition coefficient (Wildman–Crippen LogP) is 5.16. The number of piperidine rings is 1. The van der Waals surface area contributed by atoms with E-state index in [9.17, 15) is 19.1 Å². The molecular weight excluding hydrogens is 497 g/mol. The summed E-state index contributed by atoms with van der Waals surface area (Å²) >= 11 is 0. The largest absolute Gasteiger partial charge is 0.393 e. The summed E-state index contributed by atoms with van der Waals surface area (Å²) in [6.07, 6.45) is 9.14. The van der Waals surface area contributed by atoms with Gasteiger partial charge in [0.1, 0.15) is 18.0 Å². The fourth-order valence-corrected chi connectivity index (χ4v) is 2.72. The standard InChI is InChI=1S/C11H13N3.C8H14N2O3.C5H10.C4H7F.C2H6/c1-4-13-11(7-12)6-10-5-8(2)14-9(10)3;11-6-9-5-8(13)10-3-1-7(12)2-4-10;1-4-5(2)3;1-3-4(2)5;1-2/h4-6,9,14H,1H2,2-3H3;6-7,12H,1-5H2,(H,9,11);4H,1-3H3;3-4H,1H2,2H3;1-2H3/b10-6-,13-11?;;;;. The van der Waals surface area contributed by atoms with Gasteiger partial charge in [-0.25, -0.2) is 9.38 Å². The van der Waals surface area contributed by atoms with Crippen molar-refractivity contribution in [3.8, 4) is 6.07 Å². The number of hydrogen-bond donors (Lipinski definition) is 3. The number of nitriles is 1. The summed E-state index contributed by atoms with van der Waals surface area (Å²) in [5, 5.41) is 23.5. The van der Waals surface area contributed by atoms with Gasteiger partial charge in [0.15, 0.2) is 0 Å². The van der Waals surface area contributed by atoms with Gasteiger partial charge in [-0.2, -0.15) is 5.26 Å². The molecule has 0 bridgehead atoms. The van der Waals surface area contributed by atoms with Crippen molar-refractivity contribution in [2.45, 2.75) is 86.5 Å². The molecule has 39 heavy (non-hydrogen) atoms. The first-order valence-corrected chi connectivity index (χ1v) is 13.2. The van der Waals surface area contributed by atoms with Gasteiger partial charge in [-0.3, -0.25) is 9.59 Å². The van der Waals surface area contributed by atoms with E-state index in [1.165, 1.54) is 24.8 Å². The number of halogens is 1. The van der Waals surface area contributed by atoms with Gasteiger partial charge in [0.25, 0.3) is 0 Å². The van der Waals surface area contributed by atoms with Gasteiger partial charge < -0.3 is 20.6 Å². The van der Waals surface area contributed by atoms with Gasteiger partial charge in [0, 0.05) is 31.0 Å². The van der Waals surface area contributed by atoms with Crippen LogP contribution < -0.4 is 10.6 Å². The maximum Gasteiger partial charge on any atom is 0.241 e. The third kappa shape index (κ3) is 23.3. The third-order valence-electron chi connectivity index (χ3n) is 5.03. The van der Waals surface area contributed by atoms with Gasteiger partial charge in [0.2, 0.25) is 12.3 Å². The van der Waals surface area contributed by atoms with Gasteiger partial charge in [-0.1, -0.05) is 38.2 Å². The topological polar surface area (TPSA) is 118 Å². The third-order valence-corrected chi connectivity index (χ3v) is 5.03. The molecule has 2 unspecified atom stereocenters. The Labute approximate surface area is 235 Å². The van der Waals surface area contributed by atoms with E-state index in [0.29, 0.717) is 38.1 Å². The number of rotatable bonds is 6. The zero-order valence-electron chi connectivity index (χ0n) is 25.1. The first-order valence-electron chi connectivity index (χ1n) is 13.2. The van der Waals surface area contributed by atoms with Crippen molar-refractivity contribution in [3.63, 3.8) is 0 Å². The number of carbonyl (C=O) groups is 2. The molecule has 2 rings (SSSR count). The minimum absolute atomic E-state index is 0.0552. The van der Waals surface area contributed by atoms with E-state index in [-0.39, 0.29) is 24.6 Å². The molecule has 0 aliphatic carbocycles. The molecule has 2 aliphatic rings. The van der Waals surface area contributed by atoms with Crippen LogP contribution in [0.3, 0.4) is 0 Å². The molecule has 0 spiro atoms. The molecule has 2 amide bonds. The van der Waals surface area contributed by atoms with Crippen molar-refractivity contribution in [2.75, 3.05) is 19.6 Å². The highest BCUT2D eigenvalue weighted by atomic mass is 19.1. The lowest BCUT2D eigenvalue weighted by atomic mass is 10.1. The first kappa shape index (κ1) is 40.0. The number of aliphatic hydroxyl groups is 1. The molecule has 0 aromatic carbocycles. The zero-order valence-corrected chi connectivity index (χ0v) is 25.1. The van der Waals surface area contributed by atoms with E-state index < -0.39 is 6.17 Å². The Morgan fingerprint density at radius 1 is 1.36 bits per heavy atom. The number of likely N-dealkylation sites (tertiary alicyclic amines) is 1. The number of aliphatic imine (C=N–C) groups is 1. The number of nitrogens with one attached hydrogen (secondary N) is 2. The Hall–Kier alpha value is -3.51. The molecule has 2 aliphatic heterocycles. The predicted molar refractivity (Wildman–Crippen MR) is 161 cm³/mol. The summed E-state index contributed by atoms with van der Waals surface area (Å²) in [4.78, 5) is 26.7. The maximum atomic E-state index is 11.3. The summed E-state index contributed by atoms with van der Waals surface area (Å²) in [5.74, 6) is -0.0843. The van der Waals surface area contributed by atoms with Crippen LogP contribution in [-0.2, 0) is 9.59 Å². The molecule has 1 fully saturated rings. The van der Waals surface area contributed by atoms with E-state index in [4.69, 9.17) is 5.26 Å². The van der Waals surface area contributed by atoms with Crippen molar-refractivity contribution < 1.29 is 19.1 Å². The van der Waals surface area contributed by atoms with E-state index in [1.54, 1.807) is 11.0 Å². The molecule has 9 heteroatoms. The van der Waals surface area contributed by atoms with Crippen LogP contribution in [0.2, 0.25) is 0 Å². The molecular formula is C30H50FN5O3. The smallest absolute Gasteiger partial charge is 0.241 e. The molecule has 1 saturated heterocycles. The summed E-state index contributed by atoms with van der Waals surface area (Å²) in [6, 6.07) is 2.26. The van der Waals surface area contributed by atoms with Crippen LogP contribution in [0.15, 0.2) is 65.5 Å². The van der Waals surface area contributed by atoms with Crippen LogP contribution in [0.25, 0.3) is 0 Å². The number of nitrogens with zero attached hydrogens (tertiary/aromatic N) is 3. The molecule has 0 radical (unpaired) electrons. The molecule has 8 nitrogen and oxygen atoms in total. The van der Waals surface area contributed by atoms with Crippen molar-refractivity contribution in [3.05, 3.63) is 60.5 Å². The van der Waals surface area contributed by atoms with Crippen molar-refractivity contribution in [2.24, 2.45) is 4.99 Å². The van der Waals surface area contributed by atoms with Crippen LogP contribution in [0.1, 0.15) is 68.2 Å². The lowest BCUT2D eigenvalue weighted by Gasteiger charge is -2.29. The highest BCUT2D eigenvalue weighted by Gasteiger charge is 2.20. The second kappa shape index (κ2) is 26.1. The molecule has 220 valence electrons. The SMILES string of the molecule is C=CC(C)F.C=CN=C(C#N)/C=C1/C=C(C)NC1C.CC.CC=C(C)C.O=CNCC(=O)N1CCC(O)CC1. The highest BCUT2D eigenvalue weighted by molar-refractivity contribution is 6.08. The Morgan fingerprint density at radius 2 is 1.87 bits per heavy atom.